The third-order valence-corrected chi connectivity index (χ3v) is 3.99. The molecular formula is C16H20N2O2. The number of aryl methyl sites for hydroxylation is 2. The van der Waals surface area contributed by atoms with Crippen LogP contribution in [0.15, 0.2) is 22.7 Å². The van der Waals surface area contributed by atoms with Crippen LogP contribution in [0.5, 0.6) is 0 Å². The van der Waals surface area contributed by atoms with Gasteiger partial charge in [-0.25, -0.2) is 0 Å². The van der Waals surface area contributed by atoms with E-state index in [1.54, 1.807) is 0 Å². The van der Waals surface area contributed by atoms with Gasteiger partial charge in [0.15, 0.2) is 5.82 Å². The fourth-order valence-electron chi connectivity index (χ4n) is 2.37. The molecule has 1 aliphatic carbocycles. The predicted molar refractivity (Wildman–Crippen MR) is 75.5 cm³/mol. The van der Waals surface area contributed by atoms with Crippen molar-refractivity contribution < 1.29 is 9.63 Å². The number of benzene rings is 1. The van der Waals surface area contributed by atoms with Gasteiger partial charge in [0, 0.05) is 6.42 Å². The summed E-state index contributed by atoms with van der Waals surface area (Å²) < 4.78 is 5.22. The van der Waals surface area contributed by atoms with Crippen molar-refractivity contribution in [2.24, 2.45) is 5.92 Å². The van der Waals surface area contributed by atoms with Crippen LogP contribution in [0, 0.1) is 19.8 Å². The van der Waals surface area contributed by atoms with Crippen LogP contribution in [-0.4, -0.2) is 21.4 Å². The molecule has 0 saturated heterocycles. The van der Waals surface area contributed by atoms with Crippen LogP contribution in [-0.2, 0) is 12.8 Å². The Labute approximate surface area is 118 Å². The molecule has 4 heteroatoms. The predicted octanol–water partition coefficient (Wildman–Crippen LogP) is 2.59. The molecule has 1 fully saturated rings. The second-order valence-corrected chi connectivity index (χ2v) is 5.81. The van der Waals surface area contributed by atoms with Crippen molar-refractivity contribution in [3.05, 3.63) is 46.6 Å². The van der Waals surface area contributed by atoms with E-state index in [1.165, 1.54) is 16.7 Å². The van der Waals surface area contributed by atoms with E-state index >= 15 is 0 Å². The Morgan fingerprint density at radius 2 is 2.10 bits per heavy atom. The highest BCUT2D eigenvalue weighted by atomic mass is 16.5. The van der Waals surface area contributed by atoms with Crippen LogP contribution < -0.4 is 0 Å². The molecule has 0 radical (unpaired) electrons. The molecule has 3 rings (SSSR count). The van der Waals surface area contributed by atoms with Gasteiger partial charge in [-0.2, -0.15) is 4.98 Å². The lowest BCUT2D eigenvalue weighted by Crippen LogP contribution is -2.12. The highest BCUT2D eigenvalue weighted by Crippen LogP contribution is 2.33. The van der Waals surface area contributed by atoms with Gasteiger partial charge in [0.1, 0.15) is 0 Å². The lowest BCUT2D eigenvalue weighted by molar-refractivity contribution is 0.140. The molecule has 4 nitrogen and oxygen atoms in total. The quantitative estimate of drug-likeness (QED) is 0.909. The Morgan fingerprint density at radius 1 is 1.30 bits per heavy atom. The maximum Gasteiger partial charge on any atom is 0.229 e. The topological polar surface area (TPSA) is 59.2 Å². The maximum atomic E-state index is 9.88. The average Bonchev–Trinajstić information content (AvgIpc) is 3.18. The van der Waals surface area contributed by atoms with Gasteiger partial charge in [-0.3, -0.25) is 0 Å². The summed E-state index contributed by atoms with van der Waals surface area (Å²) in [6.07, 6.45) is 3.05. The molecule has 0 amide bonds. The fraction of sp³-hybridized carbons (Fsp3) is 0.500. The summed E-state index contributed by atoms with van der Waals surface area (Å²) in [6, 6.07) is 6.37. The van der Waals surface area contributed by atoms with E-state index in [9.17, 15) is 5.11 Å². The molecule has 1 unspecified atom stereocenters. The zero-order chi connectivity index (χ0) is 14.1. The van der Waals surface area contributed by atoms with Crippen LogP contribution >= 0.6 is 0 Å². The van der Waals surface area contributed by atoms with Crippen molar-refractivity contribution in [2.45, 2.75) is 45.6 Å². The number of aliphatic hydroxyl groups is 1. The number of hydrogen-bond donors (Lipinski definition) is 1. The molecule has 0 aliphatic heterocycles. The molecule has 1 aromatic carbocycles. The summed E-state index contributed by atoms with van der Waals surface area (Å²) in [6.45, 7) is 4.21. The first kappa shape index (κ1) is 13.3. The van der Waals surface area contributed by atoms with Gasteiger partial charge < -0.3 is 9.63 Å². The normalized spacial score (nSPS) is 16.4. The highest BCUT2D eigenvalue weighted by molar-refractivity contribution is 5.31. The second-order valence-electron chi connectivity index (χ2n) is 5.81. The summed E-state index contributed by atoms with van der Waals surface area (Å²) >= 11 is 0. The first-order chi connectivity index (χ1) is 9.61. The van der Waals surface area contributed by atoms with Gasteiger partial charge in [-0.15, -0.1) is 0 Å². The Kier molecular flexibility index (Phi) is 3.57. The first-order valence-electron chi connectivity index (χ1n) is 7.17. The Bertz CT molecular complexity index is 602. The van der Waals surface area contributed by atoms with E-state index in [0.717, 1.165) is 12.8 Å². The van der Waals surface area contributed by atoms with Crippen LogP contribution in [0.2, 0.25) is 0 Å². The molecular weight excluding hydrogens is 252 g/mol. The van der Waals surface area contributed by atoms with Gasteiger partial charge >= 0.3 is 0 Å². The fourth-order valence-corrected chi connectivity index (χ4v) is 2.37. The second kappa shape index (κ2) is 5.37. The van der Waals surface area contributed by atoms with Crippen LogP contribution in [0.1, 0.15) is 41.2 Å². The lowest BCUT2D eigenvalue weighted by Gasteiger charge is -2.03. The standard InChI is InChI=1S/C16H20N2O2/c1-10-3-4-12(7-11(10)2)8-15-17-16(20-18-15)9-14(19)13-5-6-13/h3-4,7,13-14,19H,5-6,8-9H2,1-2H3. The zero-order valence-corrected chi connectivity index (χ0v) is 12.0. The average molecular weight is 272 g/mol. The molecule has 2 aromatic rings. The van der Waals surface area contributed by atoms with Gasteiger partial charge in [-0.1, -0.05) is 23.4 Å². The van der Waals surface area contributed by atoms with Crippen molar-refractivity contribution in [1.82, 2.24) is 10.1 Å². The number of hydrogen-bond acceptors (Lipinski definition) is 4. The summed E-state index contributed by atoms with van der Waals surface area (Å²) in [4.78, 5) is 4.37. The summed E-state index contributed by atoms with van der Waals surface area (Å²) in [5, 5.41) is 13.9. The Morgan fingerprint density at radius 3 is 2.80 bits per heavy atom. The SMILES string of the molecule is Cc1ccc(Cc2noc(CC(O)C3CC3)n2)cc1C. The lowest BCUT2D eigenvalue weighted by atomic mass is 10.0. The van der Waals surface area contributed by atoms with Crippen molar-refractivity contribution in [3.8, 4) is 0 Å². The van der Waals surface area contributed by atoms with Gasteiger partial charge in [0.2, 0.25) is 5.89 Å². The van der Waals surface area contributed by atoms with Crippen molar-refractivity contribution in [2.75, 3.05) is 0 Å². The maximum absolute atomic E-state index is 9.88. The molecule has 20 heavy (non-hydrogen) atoms. The Balaban J connectivity index is 1.65. The van der Waals surface area contributed by atoms with Gasteiger partial charge in [0.05, 0.1) is 12.5 Å². The molecule has 1 N–H and O–H groups in total. The minimum atomic E-state index is -0.329. The summed E-state index contributed by atoms with van der Waals surface area (Å²) in [5.41, 5.74) is 3.74. The van der Waals surface area contributed by atoms with Crippen LogP contribution in [0.3, 0.4) is 0 Å². The number of rotatable bonds is 5. The number of aromatic nitrogens is 2. The minimum absolute atomic E-state index is 0.329. The van der Waals surface area contributed by atoms with Crippen molar-refractivity contribution >= 4 is 0 Å². The number of aliphatic hydroxyl groups excluding tert-OH is 1. The van der Waals surface area contributed by atoms with E-state index in [2.05, 4.69) is 42.2 Å². The molecule has 0 spiro atoms. The minimum Gasteiger partial charge on any atom is -0.392 e. The van der Waals surface area contributed by atoms with Gasteiger partial charge in [-0.05, 0) is 49.3 Å². The van der Waals surface area contributed by atoms with Crippen molar-refractivity contribution in [3.63, 3.8) is 0 Å². The Hall–Kier alpha value is -1.68. The van der Waals surface area contributed by atoms with E-state index in [1.807, 2.05) is 0 Å². The van der Waals surface area contributed by atoms with Crippen LogP contribution in [0.25, 0.3) is 0 Å². The zero-order valence-electron chi connectivity index (χ0n) is 12.0. The molecule has 1 aromatic heterocycles. The molecule has 106 valence electrons. The van der Waals surface area contributed by atoms with Crippen molar-refractivity contribution in [1.29, 1.82) is 0 Å². The smallest absolute Gasteiger partial charge is 0.229 e. The monoisotopic (exact) mass is 272 g/mol. The summed E-state index contributed by atoms with van der Waals surface area (Å²) in [5.74, 6) is 1.67. The molecule has 1 aliphatic rings. The largest absolute Gasteiger partial charge is 0.392 e. The van der Waals surface area contributed by atoms with E-state index < -0.39 is 0 Å². The molecule has 1 atom stereocenters. The van der Waals surface area contributed by atoms with E-state index in [-0.39, 0.29) is 6.10 Å². The third kappa shape index (κ3) is 3.07. The van der Waals surface area contributed by atoms with E-state index in [4.69, 9.17) is 4.52 Å². The number of nitrogens with zero attached hydrogens (tertiary/aromatic N) is 2. The molecule has 1 saturated carbocycles. The molecule has 0 bridgehead atoms. The van der Waals surface area contributed by atoms with Crippen LogP contribution in [0.4, 0.5) is 0 Å². The third-order valence-electron chi connectivity index (χ3n) is 3.99. The highest BCUT2D eigenvalue weighted by Gasteiger charge is 2.31. The summed E-state index contributed by atoms with van der Waals surface area (Å²) in [7, 11) is 0. The first-order valence-corrected chi connectivity index (χ1v) is 7.17. The van der Waals surface area contributed by atoms with E-state index in [0.29, 0.717) is 30.5 Å². The molecule has 1 heterocycles. The van der Waals surface area contributed by atoms with Gasteiger partial charge in [0.25, 0.3) is 0 Å².